The van der Waals surface area contributed by atoms with Gasteiger partial charge < -0.3 is 19.9 Å². The van der Waals surface area contributed by atoms with Gasteiger partial charge in [-0.25, -0.2) is 0 Å². The van der Waals surface area contributed by atoms with Crippen LogP contribution < -0.4 is 15.0 Å². The molecule has 1 N–H and O–H groups in total. The van der Waals surface area contributed by atoms with Gasteiger partial charge in [0, 0.05) is 38.4 Å². The van der Waals surface area contributed by atoms with E-state index in [2.05, 4.69) is 46.4 Å². The van der Waals surface area contributed by atoms with E-state index in [0.29, 0.717) is 12.3 Å². The lowest BCUT2D eigenvalue weighted by atomic mass is 10.1. The van der Waals surface area contributed by atoms with E-state index in [1.54, 1.807) is 6.92 Å². The average molecular weight is 367 g/mol. The number of ether oxygens (including phenoxy) is 1. The van der Waals surface area contributed by atoms with Crippen molar-refractivity contribution in [1.82, 2.24) is 10.2 Å². The lowest BCUT2D eigenvalue weighted by Crippen LogP contribution is -2.44. The maximum atomic E-state index is 12.3. The van der Waals surface area contributed by atoms with E-state index in [0.717, 1.165) is 31.7 Å². The first-order valence-corrected chi connectivity index (χ1v) is 9.55. The third kappa shape index (κ3) is 5.47. The summed E-state index contributed by atoms with van der Waals surface area (Å²) >= 11 is 0. The van der Waals surface area contributed by atoms with Gasteiger partial charge in [-0.3, -0.25) is 4.79 Å². The average Bonchev–Trinajstić information content (AvgIpc) is 2.69. The number of carbonyl (C=O) groups is 1. The molecule has 0 spiro atoms. The molecular weight excluding hydrogens is 338 g/mol. The van der Waals surface area contributed by atoms with Crippen molar-refractivity contribution in [2.24, 2.45) is 0 Å². The van der Waals surface area contributed by atoms with Crippen LogP contribution >= 0.6 is 0 Å². The van der Waals surface area contributed by atoms with Gasteiger partial charge in [0.05, 0.1) is 0 Å². The van der Waals surface area contributed by atoms with Crippen molar-refractivity contribution in [2.45, 2.75) is 26.5 Å². The number of benzene rings is 2. The van der Waals surface area contributed by atoms with Crippen molar-refractivity contribution in [2.75, 3.05) is 38.1 Å². The van der Waals surface area contributed by atoms with Gasteiger partial charge in [-0.05, 0) is 50.7 Å². The van der Waals surface area contributed by atoms with Gasteiger partial charge in [-0.1, -0.05) is 29.8 Å². The molecule has 1 fully saturated rings. The highest BCUT2D eigenvalue weighted by Gasteiger charge is 2.15. The zero-order valence-electron chi connectivity index (χ0n) is 16.4. The fraction of sp³-hybridized carbons (Fsp3) is 0.409. The Balaban J connectivity index is 1.47. The first-order chi connectivity index (χ1) is 13.0. The van der Waals surface area contributed by atoms with Crippen molar-refractivity contribution < 1.29 is 9.53 Å². The molecule has 1 saturated heterocycles. The number of carbonyl (C=O) groups excluding carboxylic acids is 1. The quantitative estimate of drug-likeness (QED) is 0.853. The number of aryl methyl sites for hydroxylation is 1. The number of rotatable bonds is 6. The Bertz CT molecular complexity index is 735. The highest BCUT2D eigenvalue weighted by molar-refractivity contribution is 5.80. The summed E-state index contributed by atoms with van der Waals surface area (Å²) in [5, 5.41) is 2.95. The summed E-state index contributed by atoms with van der Waals surface area (Å²) in [7, 11) is 2.16. The van der Waals surface area contributed by atoms with Crippen molar-refractivity contribution in [3.05, 3.63) is 59.7 Å². The van der Waals surface area contributed by atoms with Gasteiger partial charge >= 0.3 is 0 Å². The third-order valence-electron chi connectivity index (χ3n) is 4.97. The van der Waals surface area contributed by atoms with Crippen LogP contribution in [0.2, 0.25) is 0 Å². The molecule has 1 amide bonds. The van der Waals surface area contributed by atoms with E-state index in [4.69, 9.17) is 4.74 Å². The summed E-state index contributed by atoms with van der Waals surface area (Å²) in [5.74, 6) is 0.596. The smallest absolute Gasteiger partial charge is 0.261 e. The Morgan fingerprint density at radius 1 is 1.04 bits per heavy atom. The SMILES string of the molecule is Cc1ccc(O[C@H](C)C(=O)NCc2ccc(N3CCN(C)CC3)cc2)cc1. The molecule has 1 atom stereocenters. The summed E-state index contributed by atoms with van der Waals surface area (Å²) in [6.07, 6.45) is -0.530. The second-order valence-corrected chi connectivity index (χ2v) is 7.25. The topological polar surface area (TPSA) is 44.8 Å². The van der Waals surface area contributed by atoms with Crippen LogP contribution in [0.3, 0.4) is 0 Å². The van der Waals surface area contributed by atoms with Crippen LogP contribution in [0, 0.1) is 6.92 Å². The van der Waals surface area contributed by atoms with E-state index in [1.807, 2.05) is 31.2 Å². The van der Waals surface area contributed by atoms with Crippen molar-refractivity contribution in [3.8, 4) is 5.75 Å². The number of nitrogens with zero attached hydrogens (tertiary/aromatic N) is 2. The summed E-state index contributed by atoms with van der Waals surface area (Å²) in [6.45, 7) is 8.60. The van der Waals surface area contributed by atoms with Crippen molar-refractivity contribution >= 4 is 11.6 Å². The first kappa shape index (κ1) is 19.2. The molecule has 0 aromatic heterocycles. The van der Waals surface area contributed by atoms with E-state index in [1.165, 1.54) is 11.3 Å². The minimum atomic E-state index is -0.530. The van der Waals surface area contributed by atoms with Gasteiger partial charge in [0.2, 0.25) is 0 Å². The van der Waals surface area contributed by atoms with Crippen LogP contribution in [0.4, 0.5) is 5.69 Å². The molecule has 0 saturated carbocycles. The number of hydrogen-bond donors (Lipinski definition) is 1. The second kappa shape index (κ2) is 8.91. The second-order valence-electron chi connectivity index (χ2n) is 7.25. The predicted molar refractivity (Wildman–Crippen MR) is 109 cm³/mol. The molecule has 0 unspecified atom stereocenters. The standard InChI is InChI=1S/C22H29N3O2/c1-17-4-10-21(11-5-17)27-18(2)22(26)23-16-19-6-8-20(9-7-19)25-14-12-24(3)13-15-25/h4-11,18H,12-16H2,1-3H3,(H,23,26)/t18-/m1/s1. The third-order valence-corrected chi connectivity index (χ3v) is 4.97. The monoisotopic (exact) mass is 367 g/mol. The number of nitrogens with one attached hydrogen (secondary N) is 1. The molecule has 5 nitrogen and oxygen atoms in total. The Hall–Kier alpha value is -2.53. The van der Waals surface area contributed by atoms with Gasteiger partial charge in [0.1, 0.15) is 5.75 Å². The number of likely N-dealkylation sites (N-methyl/N-ethyl adjacent to an activating group) is 1. The fourth-order valence-corrected chi connectivity index (χ4v) is 3.10. The maximum Gasteiger partial charge on any atom is 0.261 e. The molecule has 3 rings (SSSR count). The summed E-state index contributed by atoms with van der Waals surface area (Å²) < 4.78 is 5.70. The highest BCUT2D eigenvalue weighted by Crippen LogP contribution is 2.17. The molecule has 1 aliphatic heterocycles. The molecule has 5 heteroatoms. The molecule has 27 heavy (non-hydrogen) atoms. The minimum absolute atomic E-state index is 0.112. The number of anilines is 1. The lowest BCUT2D eigenvalue weighted by Gasteiger charge is -2.34. The molecule has 1 aliphatic rings. The van der Waals surface area contributed by atoms with Crippen LogP contribution in [0.5, 0.6) is 5.75 Å². The Labute approximate surface area is 161 Å². The minimum Gasteiger partial charge on any atom is -0.481 e. The fourth-order valence-electron chi connectivity index (χ4n) is 3.10. The molecule has 2 aromatic rings. The molecular formula is C22H29N3O2. The van der Waals surface area contributed by atoms with Gasteiger partial charge in [0.15, 0.2) is 6.10 Å². The van der Waals surface area contributed by atoms with Crippen LogP contribution in [-0.2, 0) is 11.3 Å². The molecule has 144 valence electrons. The maximum absolute atomic E-state index is 12.3. The van der Waals surface area contributed by atoms with Crippen LogP contribution in [0.15, 0.2) is 48.5 Å². The Kier molecular flexibility index (Phi) is 6.35. The number of piperazine rings is 1. The van der Waals surface area contributed by atoms with Gasteiger partial charge in [0.25, 0.3) is 5.91 Å². The highest BCUT2D eigenvalue weighted by atomic mass is 16.5. The van der Waals surface area contributed by atoms with Crippen molar-refractivity contribution in [3.63, 3.8) is 0 Å². The zero-order valence-corrected chi connectivity index (χ0v) is 16.4. The van der Waals surface area contributed by atoms with Crippen LogP contribution in [0.25, 0.3) is 0 Å². The summed E-state index contributed by atoms with van der Waals surface area (Å²) in [6, 6.07) is 16.2. The van der Waals surface area contributed by atoms with E-state index >= 15 is 0 Å². The van der Waals surface area contributed by atoms with E-state index in [9.17, 15) is 4.79 Å². The lowest BCUT2D eigenvalue weighted by molar-refractivity contribution is -0.127. The predicted octanol–water partition coefficient (Wildman–Crippen LogP) is 2.83. The first-order valence-electron chi connectivity index (χ1n) is 9.55. The zero-order chi connectivity index (χ0) is 19.2. The molecule has 0 radical (unpaired) electrons. The summed E-state index contributed by atoms with van der Waals surface area (Å²) in [5.41, 5.74) is 3.50. The van der Waals surface area contributed by atoms with Crippen LogP contribution in [0.1, 0.15) is 18.1 Å². The molecule has 0 aliphatic carbocycles. The largest absolute Gasteiger partial charge is 0.481 e. The normalized spacial score (nSPS) is 16.0. The number of hydrogen-bond acceptors (Lipinski definition) is 4. The summed E-state index contributed by atoms with van der Waals surface area (Å²) in [4.78, 5) is 17.0. The molecule has 2 aromatic carbocycles. The van der Waals surface area contributed by atoms with E-state index < -0.39 is 6.10 Å². The van der Waals surface area contributed by atoms with Gasteiger partial charge in [-0.15, -0.1) is 0 Å². The number of amides is 1. The van der Waals surface area contributed by atoms with Crippen molar-refractivity contribution in [1.29, 1.82) is 0 Å². The van der Waals surface area contributed by atoms with E-state index in [-0.39, 0.29) is 5.91 Å². The molecule has 1 heterocycles. The Morgan fingerprint density at radius 2 is 1.67 bits per heavy atom. The van der Waals surface area contributed by atoms with Crippen LogP contribution in [-0.4, -0.2) is 50.1 Å². The Morgan fingerprint density at radius 3 is 2.30 bits per heavy atom. The van der Waals surface area contributed by atoms with Gasteiger partial charge in [-0.2, -0.15) is 0 Å². The molecule has 0 bridgehead atoms.